The van der Waals surface area contributed by atoms with E-state index in [-0.39, 0.29) is 0 Å². The van der Waals surface area contributed by atoms with Crippen molar-refractivity contribution in [3.8, 4) is 0 Å². The molecule has 1 atom stereocenters. The molecule has 0 saturated heterocycles. The predicted octanol–water partition coefficient (Wildman–Crippen LogP) is 2.92. The Morgan fingerprint density at radius 1 is 1.57 bits per heavy atom. The molecular formula is C11H14N2O. The Labute approximate surface area is 82.9 Å². The van der Waals surface area contributed by atoms with E-state index in [0.29, 0.717) is 11.7 Å². The number of nitrogen functional groups attached to an aromatic ring is 1. The molecule has 2 N–H and O–H groups in total. The molecule has 0 aliphatic carbocycles. The zero-order valence-corrected chi connectivity index (χ0v) is 8.45. The first kappa shape index (κ1) is 9.06. The van der Waals surface area contributed by atoms with Crippen LogP contribution in [-0.2, 0) is 0 Å². The van der Waals surface area contributed by atoms with Crippen molar-refractivity contribution < 1.29 is 4.42 Å². The third-order valence-corrected chi connectivity index (χ3v) is 2.59. The summed E-state index contributed by atoms with van der Waals surface area (Å²) in [6, 6.07) is 3.84. The second-order valence-electron chi connectivity index (χ2n) is 3.57. The summed E-state index contributed by atoms with van der Waals surface area (Å²) in [6.45, 7) is 4.28. The SMILES string of the molecule is CCC(C)c1cc2c(N)nccc2o1. The van der Waals surface area contributed by atoms with Crippen LogP contribution in [0.25, 0.3) is 11.0 Å². The molecule has 0 radical (unpaired) electrons. The minimum Gasteiger partial charge on any atom is -0.461 e. The first-order valence-electron chi connectivity index (χ1n) is 4.86. The first-order chi connectivity index (χ1) is 6.72. The number of hydrogen-bond donors (Lipinski definition) is 1. The van der Waals surface area contributed by atoms with Crippen molar-refractivity contribution >= 4 is 16.8 Å². The summed E-state index contributed by atoms with van der Waals surface area (Å²) in [4.78, 5) is 4.02. The van der Waals surface area contributed by atoms with Crippen LogP contribution in [0.3, 0.4) is 0 Å². The third-order valence-electron chi connectivity index (χ3n) is 2.59. The molecular weight excluding hydrogens is 176 g/mol. The van der Waals surface area contributed by atoms with Crippen LogP contribution in [0.1, 0.15) is 31.9 Å². The Hall–Kier alpha value is -1.51. The van der Waals surface area contributed by atoms with Gasteiger partial charge in [0.2, 0.25) is 0 Å². The van der Waals surface area contributed by atoms with Crippen LogP contribution >= 0.6 is 0 Å². The fourth-order valence-electron chi connectivity index (χ4n) is 1.45. The standard InChI is InChI=1S/C11H14N2O/c1-3-7(2)10-6-8-9(14-10)4-5-13-11(8)12/h4-7H,3H2,1-2H3,(H2,12,13). The summed E-state index contributed by atoms with van der Waals surface area (Å²) in [5.74, 6) is 1.96. The summed E-state index contributed by atoms with van der Waals surface area (Å²) < 4.78 is 5.68. The monoisotopic (exact) mass is 190 g/mol. The van der Waals surface area contributed by atoms with Crippen molar-refractivity contribution in [1.29, 1.82) is 0 Å². The van der Waals surface area contributed by atoms with Crippen LogP contribution in [-0.4, -0.2) is 4.98 Å². The Morgan fingerprint density at radius 2 is 2.36 bits per heavy atom. The Bertz CT molecular complexity index is 447. The van der Waals surface area contributed by atoms with Gasteiger partial charge in [-0.25, -0.2) is 4.98 Å². The van der Waals surface area contributed by atoms with Gasteiger partial charge in [0.15, 0.2) is 0 Å². The molecule has 0 aliphatic heterocycles. The molecule has 3 heteroatoms. The van der Waals surface area contributed by atoms with Crippen molar-refractivity contribution in [3.63, 3.8) is 0 Å². The summed E-state index contributed by atoms with van der Waals surface area (Å²) in [6.07, 6.45) is 2.73. The second-order valence-corrected chi connectivity index (χ2v) is 3.57. The average molecular weight is 190 g/mol. The van der Waals surface area contributed by atoms with Crippen LogP contribution in [0.2, 0.25) is 0 Å². The highest BCUT2D eigenvalue weighted by Crippen LogP contribution is 2.28. The molecule has 0 amide bonds. The van der Waals surface area contributed by atoms with Crippen molar-refractivity contribution in [2.75, 3.05) is 5.73 Å². The fraction of sp³-hybridized carbons (Fsp3) is 0.364. The van der Waals surface area contributed by atoms with E-state index in [1.807, 2.05) is 12.1 Å². The van der Waals surface area contributed by atoms with Gasteiger partial charge in [-0.3, -0.25) is 0 Å². The molecule has 14 heavy (non-hydrogen) atoms. The van der Waals surface area contributed by atoms with Crippen molar-refractivity contribution in [1.82, 2.24) is 4.98 Å². The average Bonchev–Trinajstić information content (AvgIpc) is 2.62. The maximum absolute atomic E-state index is 5.74. The fourth-order valence-corrected chi connectivity index (χ4v) is 1.45. The number of hydrogen-bond acceptors (Lipinski definition) is 3. The van der Waals surface area contributed by atoms with Crippen LogP contribution in [0.5, 0.6) is 0 Å². The van der Waals surface area contributed by atoms with E-state index in [1.54, 1.807) is 6.20 Å². The number of nitrogens with two attached hydrogens (primary N) is 1. The molecule has 0 bridgehead atoms. The van der Waals surface area contributed by atoms with Gasteiger partial charge in [0, 0.05) is 12.1 Å². The molecule has 2 rings (SSSR count). The number of fused-ring (bicyclic) bond motifs is 1. The van der Waals surface area contributed by atoms with Gasteiger partial charge in [0.05, 0.1) is 5.39 Å². The predicted molar refractivity (Wildman–Crippen MR) is 57.1 cm³/mol. The molecule has 0 spiro atoms. The molecule has 1 unspecified atom stereocenters. The normalized spacial score (nSPS) is 13.3. The molecule has 74 valence electrons. The lowest BCUT2D eigenvalue weighted by molar-refractivity contribution is 0.499. The zero-order valence-electron chi connectivity index (χ0n) is 8.45. The number of nitrogens with zero attached hydrogens (tertiary/aromatic N) is 1. The summed E-state index contributed by atoms with van der Waals surface area (Å²) in [5, 5.41) is 0.919. The Balaban J connectivity index is 2.56. The van der Waals surface area contributed by atoms with Gasteiger partial charge in [0.1, 0.15) is 17.2 Å². The Kier molecular flexibility index (Phi) is 2.15. The third kappa shape index (κ3) is 1.35. The van der Waals surface area contributed by atoms with Crippen LogP contribution < -0.4 is 5.73 Å². The van der Waals surface area contributed by atoms with E-state index >= 15 is 0 Å². The number of anilines is 1. The van der Waals surface area contributed by atoms with Crippen LogP contribution in [0.4, 0.5) is 5.82 Å². The van der Waals surface area contributed by atoms with Crippen LogP contribution in [0, 0.1) is 0 Å². The largest absolute Gasteiger partial charge is 0.461 e. The smallest absolute Gasteiger partial charge is 0.139 e. The maximum atomic E-state index is 5.74. The van der Waals surface area contributed by atoms with E-state index in [4.69, 9.17) is 10.2 Å². The van der Waals surface area contributed by atoms with Gasteiger partial charge in [-0.1, -0.05) is 13.8 Å². The number of rotatable bonds is 2. The molecule has 0 aliphatic rings. The highest BCUT2D eigenvalue weighted by atomic mass is 16.3. The number of aromatic nitrogens is 1. The van der Waals surface area contributed by atoms with E-state index in [1.165, 1.54) is 0 Å². The highest BCUT2D eigenvalue weighted by molar-refractivity contribution is 5.87. The van der Waals surface area contributed by atoms with Crippen LogP contribution in [0.15, 0.2) is 22.7 Å². The van der Waals surface area contributed by atoms with Gasteiger partial charge in [-0.2, -0.15) is 0 Å². The molecule has 2 aromatic rings. The minimum atomic E-state index is 0.432. The van der Waals surface area contributed by atoms with Gasteiger partial charge in [-0.05, 0) is 18.6 Å². The quantitative estimate of drug-likeness (QED) is 0.792. The molecule has 0 saturated carbocycles. The maximum Gasteiger partial charge on any atom is 0.139 e. The van der Waals surface area contributed by atoms with Crippen molar-refractivity contribution in [2.45, 2.75) is 26.2 Å². The minimum absolute atomic E-state index is 0.432. The molecule has 0 aromatic carbocycles. The summed E-state index contributed by atoms with van der Waals surface area (Å²) in [7, 11) is 0. The second kappa shape index (κ2) is 3.33. The van der Waals surface area contributed by atoms with E-state index in [0.717, 1.165) is 23.2 Å². The van der Waals surface area contributed by atoms with Gasteiger partial charge in [-0.15, -0.1) is 0 Å². The topological polar surface area (TPSA) is 52.0 Å². The van der Waals surface area contributed by atoms with Crippen molar-refractivity contribution in [2.24, 2.45) is 0 Å². The lowest BCUT2D eigenvalue weighted by Gasteiger charge is -2.01. The Morgan fingerprint density at radius 3 is 3.00 bits per heavy atom. The van der Waals surface area contributed by atoms with E-state index in [9.17, 15) is 0 Å². The number of furan rings is 1. The lowest BCUT2D eigenvalue weighted by Crippen LogP contribution is -1.88. The van der Waals surface area contributed by atoms with Gasteiger partial charge < -0.3 is 10.2 Å². The first-order valence-corrected chi connectivity index (χ1v) is 4.86. The van der Waals surface area contributed by atoms with E-state index in [2.05, 4.69) is 18.8 Å². The lowest BCUT2D eigenvalue weighted by atomic mass is 10.1. The van der Waals surface area contributed by atoms with Gasteiger partial charge >= 0.3 is 0 Å². The van der Waals surface area contributed by atoms with Crippen molar-refractivity contribution in [3.05, 3.63) is 24.1 Å². The molecule has 0 fully saturated rings. The summed E-state index contributed by atoms with van der Waals surface area (Å²) in [5.41, 5.74) is 6.57. The molecule has 2 heterocycles. The highest BCUT2D eigenvalue weighted by Gasteiger charge is 2.11. The molecule has 3 nitrogen and oxygen atoms in total. The zero-order chi connectivity index (χ0) is 10.1. The van der Waals surface area contributed by atoms with E-state index < -0.39 is 0 Å². The molecule has 2 aromatic heterocycles. The van der Waals surface area contributed by atoms with Gasteiger partial charge in [0.25, 0.3) is 0 Å². The summed E-state index contributed by atoms with van der Waals surface area (Å²) >= 11 is 0. The number of pyridine rings is 1.